The first-order valence-electron chi connectivity index (χ1n) is 9.21. The second-order valence-electron chi connectivity index (χ2n) is 7.10. The van der Waals surface area contributed by atoms with Gasteiger partial charge in [0.2, 0.25) is 0 Å². The van der Waals surface area contributed by atoms with Crippen molar-refractivity contribution in [3.05, 3.63) is 71.4 Å². The van der Waals surface area contributed by atoms with Gasteiger partial charge in [0.1, 0.15) is 0 Å². The summed E-state index contributed by atoms with van der Waals surface area (Å²) in [5, 5.41) is 5.29. The van der Waals surface area contributed by atoms with Crippen LogP contribution in [0, 0.1) is 0 Å². The van der Waals surface area contributed by atoms with Crippen LogP contribution >= 0.6 is 0 Å². The van der Waals surface area contributed by atoms with Crippen LogP contribution in [0.3, 0.4) is 0 Å². The zero-order valence-corrected chi connectivity index (χ0v) is 14.4. The Labute approximate surface area is 144 Å². The molecule has 1 aliphatic rings. The van der Waals surface area contributed by atoms with Gasteiger partial charge < -0.3 is 10.3 Å². The molecular formula is C22H26N2. The molecule has 3 aromatic rings. The third-order valence-electron chi connectivity index (χ3n) is 5.31. The summed E-state index contributed by atoms with van der Waals surface area (Å²) in [5.74, 6) is 0. The molecule has 1 heterocycles. The Hall–Kier alpha value is -2.06. The first-order valence-corrected chi connectivity index (χ1v) is 9.21. The molecule has 0 radical (unpaired) electrons. The van der Waals surface area contributed by atoms with Gasteiger partial charge in [0, 0.05) is 28.7 Å². The summed E-state index contributed by atoms with van der Waals surface area (Å²) in [5.41, 5.74) is 5.67. The lowest BCUT2D eigenvalue weighted by Gasteiger charge is -2.27. The SMILES string of the molecule is C[C@@H](CCc1ccccc1)NC1CCCc2c1[nH]c1ccccc21. The monoisotopic (exact) mass is 318 g/mol. The van der Waals surface area contributed by atoms with Crippen LogP contribution in [0.2, 0.25) is 0 Å². The van der Waals surface area contributed by atoms with Gasteiger partial charge in [0.15, 0.2) is 0 Å². The summed E-state index contributed by atoms with van der Waals surface area (Å²) in [7, 11) is 0. The number of H-pyrrole nitrogens is 1. The third kappa shape index (κ3) is 3.11. The van der Waals surface area contributed by atoms with Crippen LogP contribution < -0.4 is 5.32 Å². The Morgan fingerprint density at radius 2 is 1.88 bits per heavy atom. The molecule has 0 amide bonds. The first-order chi connectivity index (χ1) is 11.8. The fourth-order valence-corrected chi connectivity index (χ4v) is 4.04. The fraction of sp³-hybridized carbons (Fsp3) is 0.364. The summed E-state index contributed by atoms with van der Waals surface area (Å²) >= 11 is 0. The van der Waals surface area contributed by atoms with Crippen LogP contribution in [-0.2, 0) is 12.8 Å². The lowest BCUT2D eigenvalue weighted by atomic mass is 9.91. The molecule has 24 heavy (non-hydrogen) atoms. The summed E-state index contributed by atoms with van der Waals surface area (Å²) in [4.78, 5) is 3.68. The maximum atomic E-state index is 3.87. The van der Waals surface area contributed by atoms with Gasteiger partial charge in [0.05, 0.1) is 0 Å². The highest BCUT2D eigenvalue weighted by atomic mass is 15.0. The van der Waals surface area contributed by atoms with Crippen LogP contribution in [0.5, 0.6) is 0 Å². The van der Waals surface area contributed by atoms with Gasteiger partial charge >= 0.3 is 0 Å². The van der Waals surface area contributed by atoms with E-state index in [2.05, 4.69) is 71.8 Å². The van der Waals surface area contributed by atoms with Crippen molar-refractivity contribution in [3.63, 3.8) is 0 Å². The molecule has 4 rings (SSSR count). The molecule has 0 bridgehead atoms. The lowest BCUT2D eigenvalue weighted by Crippen LogP contribution is -2.33. The van der Waals surface area contributed by atoms with Crippen molar-refractivity contribution >= 4 is 10.9 Å². The Morgan fingerprint density at radius 1 is 1.08 bits per heavy atom. The summed E-state index contributed by atoms with van der Waals surface area (Å²) in [6, 6.07) is 20.5. The van der Waals surface area contributed by atoms with Gasteiger partial charge in [-0.15, -0.1) is 0 Å². The number of nitrogens with one attached hydrogen (secondary N) is 2. The molecule has 0 saturated carbocycles. The van der Waals surface area contributed by atoms with E-state index in [4.69, 9.17) is 0 Å². The Balaban J connectivity index is 1.46. The molecule has 0 saturated heterocycles. The van der Waals surface area contributed by atoms with Crippen molar-refractivity contribution in [2.75, 3.05) is 0 Å². The van der Waals surface area contributed by atoms with Crippen LogP contribution in [0.25, 0.3) is 10.9 Å². The molecule has 2 atom stereocenters. The van der Waals surface area contributed by atoms with Crippen LogP contribution in [-0.4, -0.2) is 11.0 Å². The fourth-order valence-electron chi connectivity index (χ4n) is 4.04. The van der Waals surface area contributed by atoms with E-state index in [9.17, 15) is 0 Å². The highest BCUT2D eigenvalue weighted by molar-refractivity contribution is 5.85. The standard InChI is InChI=1S/C22H26N2/c1-16(14-15-17-8-3-2-4-9-17)23-21-13-7-11-19-18-10-5-6-12-20(18)24-22(19)21/h2-6,8-10,12,16,21,23-24H,7,11,13-15H2,1H3/t16-,21?/m0/s1. The van der Waals surface area contributed by atoms with E-state index >= 15 is 0 Å². The Kier molecular flexibility index (Phi) is 4.40. The summed E-state index contributed by atoms with van der Waals surface area (Å²) < 4.78 is 0. The average Bonchev–Trinajstić information content (AvgIpc) is 3.01. The number of hydrogen-bond acceptors (Lipinski definition) is 1. The molecule has 0 spiro atoms. The zero-order valence-electron chi connectivity index (χ0n) is 14.4. The summed E-state index contributed by atoms with van der Waals surface area (Å²) in [6.45, 7) is 2.32. The number of aromatic nitrogens is 1. The van der Waals surface area contributed by atoms with Crippen molar-refractivity contribution in [2.45, 2.75) is 51.1 Å². The molecule has 2 aromatic carbocycles. The summed E-state index contributed by atoms with van der Waals surface area (Å²) in [6.07, 6.45) is 6.03. The predicted octanol–water partition coefficient (Wildman–Crippen LogP) is 5.16. The van der Waals surface area contributed by atoms with E-state index in [1.54, 1.807) is 0 Å². The van der Waals surface area contributed by atoms with Crippen LogP contribution in [0.1, 0.15) is 49.0 Å². The van der Waals surface area contributed by atoms with Crippen molar-refractivity contribution < 1.29 is 0 Å². The number of benzene rings is 2. The molecule has 1 unspecified atom stereocenters. The average molecular weight is 318 g/mol. The van der Waals surface area contributed by atoms with Crippen molar-refractivity contribution in [1.82, 2.24) is 10.3 Å². The van der Waals surface area contributed by atoms with E-state index in [1.165, 1.54) is 53.4 Å². The quantitative estimate of drug-likeness (QED) is 0.668. The van der Waals surface area contributed by atoms with Crippen LogP contribution in [0.15, 0.2) is 54.6 Å². The minimum Gasteiger partial charge on any atom is -0.357 e. The number of aryl methyl sites for hydroxylation is 2. The van der Waals surface area contributed by atoms with Gasteiger partial charge in [-0.3, -0.25) is 0 Å². The molecule has 1 aromatic heterocycles. The van der Waals surface area contributed by atoms with Gasteiger partial charge in [-0.25, -0.2) is 0 Å². The Morgan fingerprint density at radius 3 is 2.75 bits per heavy atom. The Bertz CT molecular complexity index is 803. The predicted molar refractivity (Wildman–Crippen MR) is 101 cm³/mol. The largest absolute Gasteiger partial charge is 0.357 e. The van der Waals surface area contributed by atoms with E-state index < -0.39 is 0 Å². The van der Waals surface area contributed by atoms with E-state index in [1.807, 2.05) is 0 Å². The highest BCUT2D eigenvalue weighted by Gasteiger charge is 2.24. The number of aromatic amines is 1. The van der Waals surface area contributed by atoms with Gasteiger partial charge in [-0.2, -0.15) is 0 Å². The topological polar surface area (TPSA) is 27.8 Å². The minimum atomic E-state index is 0.465. The molecule has 2 N–H and O–H groups in total. The maximum Gasteiger partial charge on any atom is 0.0478 e. The first kappa shape index (κ1) is 15.5. The molecule has 1 aliphatic carbocycles. The lowest BCUT2D eigenvalue weighted by molar-refractivity contribution is 0.391. The smallest absolute Gasteiger partial charge is 0.0478 e. The molecule has 0 fully saturated rings. The van der Waals surface area contributed by atoms with Gasteiger partial charge in [-0.05, 0) is 56.2 Å². The van der Waals surface area contributed by atoms with Crippen molar-refractivity contribution in [3.8, 4) is 0 Å². The number of fused-ring (bicyclic) bond motifs is 3. The highest BCUT2D eigenvalue weighted by Crippen LogP contribution is 2.34. The second kappa shape index (κ2) is 6.82. The zero-order chi connectivity index (χ0) is 16.4. The number of para-hydroxylation sites is 1. The van der Waals surface area contributed by atoms with Crippen LogP contribution in [0.4, 0.5) is 0 Å². The van der Waals surface area contributed by atoms with E-state index in [0.717, 1.165) is 6.42 Å². The molecule has 2 heteroatoms. The normalized spacial score (nSPS) is 18.5. The number of hydrogen-bond donors (Lipinski definition) is 2. The second-order valence-corrected chi connectivity index (χ2v) is 7.10. The van der Waals surface area contributed by atoms with E-state index in [0.29, 0.717) is 12.1 Å². The molecular weight excluding hydrogens is 292 g/mol. The maximum absolute atomic E-state index is 3.87. The molecule has 0 aliphatic heterocycles. The van der Waals surface area contributed by atoms with Gasteiger partial charge in [-0.1, -0.05) is 48.5 Å². The minimum absolute atomic E-state index is 0.465. The van der Waals surface area contributed by atoms with Crippen molar-refractivity contribution in [2.24, 2.45) is 0 Å². The van der Waals surface area contributed by atoms with Crippen molar-refractivity contribution in [1.29, 1.82) is 0 Å². The van der Waals surface area contributed by atoms with E-state index in [-0.39, 0.29) is 0 Å². The van der Waals surface area contributed by atoms with Gasteiger partial charge in [0.25, 0.3) is 0 Å². The molecule has 2 nitrogen and oxygen atoms in total. The third-order valence-corrected chi connectivity index (χ3v) is 5.31. The molecule has 124 valence electrons. The number of rotatable bonds is 5.